The number of amides is 1. The molecule has 0 aromatic rings. The number of alkyl carbamates (subject to hydrolysis) is 1. The van der Waals surface area contributed by atoms with Crippen LogP contribution in [-0.2, 0) is 14.3 Å². The molecule has 0 aliphatic carbocycles. The molecular weight excluding hydrogens is 210 g/mol. The maximum absolute atomic E-state index is 11.3. The topological polar surface area (TPSA) is 64.6 Å². The largest absolute Gasteiger partial charge is 0.444 e. The highest BCUT2D eigenvalue weighted by molar-refractivity contribution is 5.79. The molecule has 0 radical (unpaired) electrons. The van der Waals surface area contributed by atoms with Gasteiger partial charge >= 0.3 is 6.09 Å². The summed E-state index contributed by atoms with van der Waals surface area (Å²) in [5, 5.41) is 2.59. The van der Waals surface area contributed by atoms with E-state index < -0.39 is 11.7 Å². The van der Waals surface area contributed by atoms with Crippen LogP contribution in [0.5, 0.6) is 0 Å². The molecule has 1 fully saturated rings. The lowest BCUT2D eigenvalue weighted by atomic mass is 10.1. The average molecular weight is 229 g/mol. The molecule has 1 rings (SSSR count). The second-order valence-corrected chi connectivity index (χ2v) is 4.87. The van der Waals surface area contributed by atoms with E-state index in [1.54, 1.807) is 20.8 Å². The zero-order valence-electron chi connectivity index (χ0n) is 10.0. The number of ketones is 1. The van der Waals surface area contributed by atoms with Gasteiger partial charge in [0.2, 0.25) is 0 Å². The first-order valence-corrected chi connectivity index (χ1v) is 5.47. The Morgan fingerprint density at radius 3 is 2.81 bits per heavy atom. The number of carbonyl (C=O) groups is 2. The van der Waals surface area contributed by atoms with Crippen molar-refractivity contribution in [2.45, 2.75) is 45.3 Å². The predicted molar refractivity (Wildman–Crippen MR) is 58.2 cm³/mol. The van der Waals surface area contributed by atoms with Gasteiger partial charge in [-0.1, -0.05) is 0 Å². The second kappa shape index (κ2) is 5.30. The van der Waals surface area contributed by atoms with Crippen molar-refractivity contribution in [2.75, 3.05) is 13.2 Å². The number of Topliss-reactive ketones (excluding diaryl/α,β-unsaturated/α-hetero) is 1. The SMILES string of the molecule is CC(C)(C)OC(=O)NCC1CC(=O)CCO1. The third-order valence-corrected chi connectivity index (χ3v) is 2.06. The van der Waals surface area contributed by atoms with Crippen LogP contribution in [0.1, 0.15) is 33.6 Å². The van der Waals surface area contributed by atoms with Crippen molar-refractivity contribution >= 4 is 11.9 Å². The Kier molecular flexibility index (Phi) is 4.29. The van der Waals surface area contributed by atoms with Gasteiger partial charge in [0.15, 0.2) is 0 Å². The monoisotopic (exact) mass is 229 g/mol. The maximum Gasteiger partial charge on any atom is 0.407 e. The predicted octanol–water partition coefficient (Wildman–Crippen LogP) is 1.26. The zero-order valence-corrected chi connectivity index (χ0v) is 10.0. The molecular formula is C11H19NO4. The van der Waals surface area contributed by atoms with E-state index in [1.807, 2.05) is 0 Å². The van der Waals surface area contributed by atoms with Crippen LogP contribution in [0.3, 0.4) is 0 Å². The number of carbonyl (C=O) groups excluding carboxylic acids is 2. The molecule has 0 saturated carbocycles. The molecule has 0 spiro atoms. The first-order valence-electron chi connectivity index (χ1n) is 5.47. The van der Waals surface area contributed by atoms with Gasteiger partial charge in [0.25, 0.3) is 0 Å². The summed E-state index contributed by atoms with van der Waals surface area (Å²) in [6.07, 6.45) is 0.154. The summed E-state index contributed by atoms with van der Waals surface area (Å²) in [4.78, 5) is 22.4. The van der Waals surface area contributed by atoms with Crippen molar-refractivity contribution in [1.29, 1.82) is 0 Å². The Hall–Kier alpha value is -1.10. The molecule has 1 atom stereocenters. The molecule has 5 heteroatoms. The van der Waals surface area contributed by atoms with Crippen molar-refractivity contribution < 1.29 is 19.1 Å². The fourth-order valence-electron chi connectivity index (χ4n) is 1.40. The Morgan fingerprint density at radius 1 is 1.56 bits per heavy atom. The highest BCUT2D eigenvalue weighted by Gasteiger charge is 2.22. The van der Waals surface area contributed by atoms with E-state index in [0.29, 0.717) is 26.0 Å². The minimum absolute atomic E-state index is 0.183. The molecule has 16 heavy (non-hydrogen) atoms. The smallest absolute Gasteiger partial charge is 0.407 e. The van der Waals surface area contributed by atoms with Gasteiger partial charge in [-0.05, 0) is 20.8 Å². The summed E-state index contributed by atoms with van der Waals surface area (Å²) < 4.78 is 10.4. The minimum Gasteiger partial charge on any atom is -0.444 e. The normalized spacial score (nSPS) is 21.7. The van der Waals surface area contributed by atoms with Crippen LogP contribution in [0.4, 0.5) is 4.79 Å². The van der Waals surface area contributed by atoms with Crippen LogP contribution < -0.4 is 5.32 Å². The van der Waals surface area contributed by atoms with E-state index in [0.717, 1.165) is 0 Å². The minimum atomic E-state index is -0.507. The lowest BCUT2D eigenvalue weighted by Crippen LogP contribution is -2.40. The van der Waals surface area contributed by atoms with Crippen molar-refractivity contribution in [3.63, 3.8) is 0 Å². The van der Waals surface area contributed by atoms with E-state index >= 15 is 0 Å². The fourth-order valence-corrected chi connectivity index (χ4v) is 1.40. The summed E-state index contributed by atoms with van der Waals surface area (Å²) >= 11 is 0. The molecule has 0 bridgehead atoms. The Bertz CT molecular complexity index is 270. The van der Waals surface area contributed by atoms with Gasteiger partial charge in [-0.2, -0.15) is 0 Å². The highest BCUT2D eigenvalue weighted by Crippen LogP contribution is 2.10. The van der Waals surface area contributed by atoms with Gasteiger partial charge in [-0.25, -0.2) is 4.79 Å². The van der Waals surface area contributed by atoms with Gasteiger partial charge in [-0.15, -0.1) is 0 Å². The van der Waals surface area contributed by atoms with E-state index in [2.05, 4.69) is 5.32 Å². The van der Waals surface area contributed by atoms with Crippen molar-refractivity contribution in [2.24, 2.45) is 0 Å². The van der Waals surface area contributed by atoms with E-state index in [4.69, 9.17) is 9.47 Å². The number of hydrogen-bond donors (Lipinski definition) is 1. The average Bonchev–Trinajstić information content (AvgIpc) is 2.12. The van der Waals surface area contributed by atoms with E-state index in [9.17, 15) is 9.59 Å². The number of ether oxygens (including phenoxy) is 2. The van der Waals surface area contributed by atoms with Crippen LogP contribution in [-0.4, -0.2) is 36.7 Å². The number of rotatable bonds is 2. The van der Waals surface area contributed by atoms with Crippen LogP contribution in [0, 0.1) is 0 Å². The maximum atomic E-state index is 11.3. The summed E-state index contributed by atoms with van der Waals surface area (Å²) in [7, 11) is 0. The number of nitrogens with one attached hydrogen (secondary N) is 1. The van der Waals surface area contributed by atoms with Crippen LogP contribution in [0.25, 0.3) is 0 Å². The first-order chi connectivity index (χ1) is 7.37. The summed E-state index contributed by atoms with van der Waals surface area (Å²) in [6.45, 7) is 6.16. The summed E-state index contributed by atoms with van der Waals surface area (Å²) in [5.74, 6) is 0.183. The van der Waals surface area contributed by atoms with Crippen LogP contribution >= 0.6 is 0 Å². The molecule has 92 valence electrons. The van der Waals surface area contributed by atoms with Gasteiger partial charge in [0, 0.05) is 19.4 Å². The highest BCUT2D eigenvalue weighted by atomic mass is 16.6. The number of hydrogen-bond acceptors (Lipinski definition) is 4. The van der Waals surface area contributed by atoms with Gasteiger partial charge in [-0.3, -0.25) is 4.79 Å². The lowest BCUT2D eigenvalue weighted by Gasteiger charge is -2.24. The van der Waals surface area contributed by atoms with Gasteiger partial charge < -0.3 is 14.8 Å². The fraction of sp³-hybridized carbons (Fsp3) is 0.818. The second-order valence-electron chi connectivity index (χ2n) is 4.87. The quantitative estimate of drug-likeness (QED) is 0.774. The van der Waals surface area contributed by atoms with E-state index in [1.165, 1.54) is 0 Å². The van der Waals surface area contributed by atoms with Crippen molar-refractivity contribution in [3.05, 3.63) is 0 Å². The standard InChI is InChI=1S/C11H19NO4/c1-11(2,3)16-10(14)12-7-9-6-8(13)4-5-15-9/h9H,4-7H2,1-3H3,(H,12,14). The molecule has 1 unspecified atom stereocenters. The third kappa shape index (κ3) is 5.11. The van der Waals surface area contributed by atoms with Crippen LogP contribution in [0.15, 0.2) is 0 Å². The molecule has 0 aromatic carbocycles. The Balaban J connectivity index is 2.23. The first kappa shape index (κ1) is 13.0. The molecule has 5 nitrogen and oxygen atoms in total. The molecule has 1 aliphatic heterocycles. The third-order valence-electron chi connectivity index (χ3n) is 2.06. The summed E-state index contributed by atoms with van der Waals surface area (Å²) in [5.41, 5.74) is -0.507. The van der Waals surface area contributed by atoms with Crippen molar-refractivity contribution in [3.8, 4) is 0 Å². The van der Waals surface area contributed by atoms with E-state index in [-0.39, 0.29) is 11.9 Å². The zero-order chi connectivity index (χ0) is 12.2. The molecule has 0 aromatic heterocycles. The Morgan fingerprint density at radius 2 is 2.25 bits per heavy atom. The van der Waals surface area contributed by atoms with Gasteiger partial charge in [0.1, 0.15) is 11.4 Å². The molecule has 1 saturated heterocycles. The summed E-state index contributed by atoms with van der Waals surface area (Å²) in [6, 6.07) is 0. The lowest BCUT2D eigenvalue weighted by molar-refractivity contribution is -0.128. The molecule has 1 aliphatic rings. The molecule has 1 amide bonds. The van der Waals surface area contributed by atoms with Gasteiger partial charge in [0.05, 0.1) is 12.7 Å². The van der Waals surface area contributed by atoms with Crippen LogP contribution in [0.2, 0.25) is 0 Å². The Labute approximate surface area is 95.5 Å². The molecule has 1 heterocycles. The molecule has 1 N–H and O–H groups in total. The van der Waals surface area contributed by atoms with Crippen molar-refractivity contribution in [1.82, 2.24) is 5.32 Å².